The van der Waals surface area contributed by atoms with Crippen molar-refractivity contribution in [2.24, 2.45) is 0 Å². The predicted octanol–water partition coefficient (Wildman–Crippen LogP) is 19.3. The van der Waals surface area contributed by atoms with Gasteiger partial charge >= 0.3 is 0 Å². The average molecular weight is 954 g/mol. The molecule has 74 heavy (non-hydrogen) atoms. The van der Waals surface area contributed by atoms with Gasteiger partial charge in [0.25, 0.3) is 0 Å². The maximum absolute atomic E-state index is 14.1. The van der Waals surface area contributed by atoms with Crippen LogP contribution in [0.4, 0.5) is 38.5 Å². The Morgan fingerprint density at radius 1 is 0.324 bits per heavy atom. The van der Waals surface area contributed by atoms with E-state index in [1.54, 1.807) is 0 Å². The van der Waals surface area contributed by atoms with Crippen LogP contribution in [0.2, 0.25) is 0 Å². The van der Waals surface area contributed by atoms with Crippen LogP contribution in [-0.2, 0) is 10.8 Å². The van der Waals surface area contributed by atoms with Crippen LogP contribution in [0.3, 0.4) is 0 Å². The van der Waals surface area contributed by atoms with Crippen molar-refractivity contribution in [1.29, 1.82) is 0 Å². The number of halogens is 1. The molecule has 3 nitrogen and oxygen atoms in total. The van der Waals surface area contributed by atoms with E-state index in [1.807, 2.05) is 12.1 Å². The molecule has 2 aliphatic rings. The number of aromatic nitrogens is 1. The molecular weight excluding hydrogens is 902 g/mol. The molecule has 0 spiro atoms. The number of fused-ring (bicyclic) bond motifs is 10. The van der Waals surface area contributed by atoms with Crippen molar-refractivity contribution >= 4 is 66.7 Å². The number of hydrogen-bond acceptors (Lipinski definition) is 2. The molecule has 0 atom stereocenters. The van der Waals surface area contributed by atoms with Crippen LogP contribution in [0, 0.1) is 5.82 Å². The molecule has 0 radical (unpaired) electrons. The number of nitrogens with zero attached hydrogens (tertiary/aromatic N) is 3. The van der Waals surface area contributed by atoms with Gasteiger partial charge in [-0.2, -0.15) is 0 Å². The zero-order chi connectivity index (χ0) is 49.9. The summed E-state index contributed by atoms with van der Waals surface area (Å²) in [5.74, 6) is -0.239. The lowest BCUT2D eigenvalue weighted by Gasteiger charge is -2.30. The Morgan fingerprint density at radius 3 is 1.51 bits per heavy atom. The summed E-state index contributed by atoms with van der Waals surface area (Å²) in [5.41, 5.74) is 22.2. The van der Waals surface area contributed by atoms with Crippen molar-refractivity contribution in [1.82, 2.24) is 4.57 Å². The molecule has 12 aromatic rings. The summed E-state index contributed by atoms with van der Waals surface area (Å²) in [4.78, 5) is 4.80. The van der Waals surface area contributed by atoms with E-state index in [1.165, 1.54) is 83.7 Å². The van der Waals surface area contributed by atoms with Crippen LogP contribution in [0.1, 0.15) is 49.9 Å². The Bertz CT molecular complexity index is 4200. The molecule has 2 aliphatic carbocycles. The lowest BCUT2D eigenvalue weighted by atomic mass is 9.81. The summed E-state index contributed by atoms with van der Waals surface area (Å²) in [6.45, 7) is 9.48. The predicted molar refractivity (Wildman–Crippen MR) is 308 cm³/mol. The third-order valence-corrected chi connectivity index (χ3v) is 16.2. The smallest absolute Gasteiger partial charge is 0.123 e. The van der Waals surface area contributed by atoms with Crippen LogP contribution < -0.4 is 9.80 Å². The normalized spacial score (nSPS) is 13.7. The fourth-order valence-electron chi connectivity index (χ4n) is 12.4. The van der Waals surface area contributed by atoms with Crippen LogP contribution in [-0.4, -0.2) is 4.57 Å². The van der Waals surface area contributed by atoms with Gasteiger partial charge in [-0.25, -0.2) is 4.39 Å². The minimum Gasteiger partial charge on any atom is -0.310 e. The Hall–Kier alpha value is -8.99. The minimum atomic E-state index is -0.285. The Morgan fingerprint density at radius 2 is 0.797 bits per heavy atom. The SMILES string of the molecule is CC1(C)c2ccccc2-c2ccc(N(c3ccc(N(c4ccccc4)c4ccc5ccccc5c4)cc3)c3ccc4c(c3)C(C)(C)c3cc(-c5ccc6c(c5)c5ccccc5n6-c5ccc(F)cc5)ccc3-4)cc21. The maximum atomic E-state index is 14.1. The van der Waals surface area contributed by atoms with Crippen molar-refractivity contribution in [2.75, 3.05) is 9.80 Å². The second kappa shape index (κ2) is 16.5. The lowest BCUT2D eigenvalue weighted by Crippen LogP contribution is -2.18. The molecule has 0 saturated heterocycles. The Balaban J connectivity index is 0.869. The maximum Gasteiger partial charge on any atom is 0.123 e. The zero-order valence-electron chi connectivity index (χ0n) is 41.8. The summed E-state index contributed by atoms with van der Waals surface area (Å²) in [7, 11) is 0. The molecule has 0 unspecified atom stereocenters. The standard InChI is InChI=1S/C70H52FN3/c1-69(2)63-20-12-10-18-57(63)59-37-34-55(43-65(59)69)73(52-32-30-51(31-33-52)72(50-16-6-5-7-17-50)54-27-22-45-14-8-9-15-46(45)40-54)56-35-38-60-58-36-23-48(42-64(58)70(3,4)66(60)44-56)47-24-39-68-62(41-47)61-19-11-13-21-67(61)74(68)53-28-25-49(71)26-29-53/h5-44H,1-4H3. The topological polar surface area (TPSA) is 11.4 Å². The Kier molecular flexibility index (Phi) is 9.77. The van der Waals surface area contributed by atoms with E-state index in [9.17, 15) is 4.39 Å². The first-order valence-electron chi connectivity index (χ1n) is 25.7. The first-order valence-corrected chi connectivity index (χ1v) is 25.7. The van der Waals surface area contributed by atoms with E-state index in [0.29, 0.717) is 0 Å². The quantitative estimate of drug-likeness (QED) is 0.150. The summed E-state index contributed by atoms with van der Waals surface area (Å²) in [6, 6.07) is 87.2. The monoisotopic (exact) mass is 953 g/mol. The summed E-state index contributed by atoms with van der Waals surface area (Å²) < 4.78 is 16.3. The van der Waals surface area contributed by atoms with Crippen LogP contribution in [0.15, 0.2) is 243 Å². The van der Waals surface area contributed by atoms with E-state index in [-0.39, 0.29) is 16.6 Å². The van der Waals surface area contributed by atoms with Crippen molar-refractivity contribution in [3.63, 3.8) is 0 Å². The van der Waals surface area contributed by atoms with E-state index >= 15 is 0 Å². The summed E-state index contributed by atoms with van der Waals surface area (Å²) in [6.07, 6.45) is 0. The van der Waals surface area contributed by atoms with Crippen molar-refractivity contribution in [3.8, 4) is 39.1 Å². The summed E-state index contributed by atoms with van der Waals surface area (Å²) in [5, 5.41) is 4.77. The van der Waals surface area contributed by atoms with Gasteiger partial charge in [0.15, 0.2) is 0 Å². The number of para-hydroxylation sites is 2. The van der Waals surface area contributed by atoms with Crippen LogP contribution in [0.5, 0.6) is 0 Å². The van der Waals surface area contributed by atoms with Gasteiger partial charge in [-0.1, -0.05) is 149 Å². The second-order valence-electron chi connectivity index (χ2n) is 21.1. The number of rotatable bonds is 8. The molecule has 0 bridgehead atoms. The number of benzene rings is 11. The van der Waals surface area contributed by atoms with E-state index < -0.39 is 0 Å². The molecule has 0 fully saturated rings. The highest BCUT2D eigenvalue weighted by atomic mass is 19.1. The summed E-state index contributed by atoms with van der Waals surface area (Å²) >= 11 is 0. The fraction of sp³-hybridized carbons (Fsp3) is 0.0857. The molecule has 14 rings (SSSR count). The first kappa shape index (κ1) is 43.8. The van der Waals surface area contributed by atoms with Crippen molar-refractivity contribution in [3.05, 3.63) is 271 Å². The molecule has 0 saturated carbocycles. The molecular formula is C70H52FN3. The Labute approximate surface area is 431 Å². The van der Waals surface area contributed by atoms with Crippen LogP contribution in [0.25, 0.3) is 71.6 Å². The first-order chi connectivity index (χ1) is 36.1. The highest BCUT2D eigenvalue weighted by Gasteiger charge is 2.38. The van der Waals surface area contributed by atoms with Gasteiger partial charge in [0.1, 0.15) is 5.82 Å². The average Bonchev–Trinajstić information content (AvgIpc) is 4.00. The van der Waals surface area contributed by atoms with Gasteiger partial charge in [-0.05, 0) is 188 Å². The number of anilines is 6. The molecule has 0 N–H and O–H groups in total. The third kappa shape index (κ3) is 6.78. The molecule has 11 aromatic carbocycles. The molecule has 1 heterocycles. The lowest BCUT2D eigenvalue weighted by molar-refractivity contribution is 0.627. The second-order valence-corrected chi connectivity index (χ2v) is 21.1. The molecule has 0 amide bonds. The van der Waals surface area contributed by atoms with Gasteiger partial charge in [0, 0.05) is 61.4 Å². The van der Waals surface area contributed by atoms with E-state index in [0.717, 1.165) is 56.4 Å². The van der Waals surface area contributed by atoms with Crippen LogP contribution >= 0.6 is 0 Å². The number of hydrogen-bond donors (Lipinski definition) is 0. The molecule has 4 heteroatoms. The van der Waals surface area contributed by atoms with E-state index in [4.69, 9.17) is 0 Å². The van der Waals surface area contributed by atoms with Gasteiger partial charge in [-0.3, -0.25) is 0 Å². The van der Waals surface area contributed by atoms with Gasteiger partial charge in [0.05, 0.1) is 11.0 Å². The van der Waals surface area contributed by atoms with Gasteiger partial charge in [0.2, 0.25) is 0 Å². The third-order valence-electron chi connectivity index (χ3n) is 16.2. The zero-order valence-corrected chi connectivity index (χ0v) is 41.8. The van der Waals surface area contributed by atoms with Crippen molar-refractivity contribution in [2.45, 2.75) is 38.5 Å². The minimum absolute atomic E-state index is 0.156. The van der Waals surface area contributed by atoms with E-state index in [2.05, 4.69) is 260 Å². The van der Waals surface area contributed by atoms with Crippen molar-refractivity contribution < 1.29 is 4.39 Å². The highest BCUT2D eigenvalue weighted by Crippen LogP contribution is 2.54. The largest absolute Gasteiger partial charge is 0.310 e. The molecule has 354 valence electrons. The van der Waals surface area contributed by atoms with Gasteiger partial charge in [-0.15, -0.1) is 0 Å². The van der Waals surface area contributed by atoms with Gasteiger partial charge < -0.3 is 14.4 Å². The molecule has 0 aliphatic heterocycles. The highest BCUT2D eigenvalue weighted by molar-refractivity contribution is 6.10. The molecule has 1 aromatic heterocycles. The fourth-order valence-corrected chi connectivity index (χ4v) is 12.4.